The Morgan fingerprint density at radius 3 is 2.00 bits per heavy atom. The van der Waals surface area contributed by atoms with Crippen molar-refractivity contribution in [1.29, 1.82) is 0 Å². The Morgan fingerprint density at radius 1 is 1.16 bits per heavy atom. The van der Waals surface area contributed by atoms with Crippen LogP contribution in [0.1, 0.15) is 6.92 Å². The van der Waals surface area contributed by atoms with Crippen LogP contribution in [-0.2, 0) is 10.4 Å². The predicted molar refractivity (Wildman–Crippen MR) is 63.9 cm³/mol. The second kappa shape index (κ2) is 5.64. The molecular formula is C10H12F4N2O2S. The molecule has 0 N–H and O–H groups in total. The normalized spacial score (nSPS) is 18.2. The predicted octanol–water partition coefficient (Wildman–Crippen LogP) is 2.68. The van der Waals surface area contributed by atoms with Crippen LogP contribution in [0.25, 0.3) is 0 Å². The summed E-state index contributed by atoms with van der Waals surface area (Å²) in [5.74, 6) is 0. The van der Waals surface area contributed by atoms with Crippen molar-refractivity contribution in [3.63, 3.8) is 0 Å². The molecule has 1 unspecified atom stereocenters. The highest BCUT2D eigenvalue weighted by Crippen LogP contribution is 2.40. The molecule has 0 spiro atoms. The highest BCUT2D eigenvalue weighted by Gasteiger charge is 2.38. The molecule has 1 aliphatic rings. The summed E-state index contributed by atoms with van der Waals surface area (Å²) in [6.07, 6.45) is -0.530. The van der Waals surface area contributed by atoms with Crippen LogP contribution < -0.4 is 9.21 Å². The van der Waals surface area contributed by atoms with Gasteiger partial charge in [0.2, 0.25) is 0 Å². The zero-order chi connectivity index (χ0) is 14.8. The third-order valence-corrected chi connectivity index (χ3v) is 3.61. The van der Waals surface area contributed by atoms with Gasteiger partial charge in [0.1, 0.15) is 6.17 Å². The van der Waals surface area contributed by atoms with Gasteiger partial charge in [-0.1, -0.05) is 16.0 Å². The SMILES string of the molecule is CC1N(C)c2ccccc2N1S(=O)(=O)F.FC(F)F. The molecule has 108 valence electrons. The maximum atomic E-state index is 13.1. The number of halogens is 4. The highest BCUT2D eigenvalue weighted by molar-refractivity contribution is 7.87. The number of hydrogen-bond acceptors (Lipinski definition) is 3. The van der Waals surface area contributed by atoms with E-state index in [1.165, 1.54) is 0 Å². The molecule has 2 rings (SSSR count). The van der Waals surface area contributed by atoms with Crippen LogP contribution >= 0.6 is 0 Å². The number of para-hydroxylation sites is 2. The fourth-order valence-corrected chi connectivity index (χ4v) is 2.70. The number of fused-ring (bicyclic) bond motifs is 1. The van der Waals surface area contributed by atoms with Gasteiger partial charge in [0.25, 0.3) is 0 Å². The van der Waals surface area contributed by atoms with Crippen LogP contribution in [0, 0.1) is 0 Å². The van der Waals surface area contributed by atoms with Crippen molar-refractivity contribution < 1.29 is 25.5 Å². The minimum atomic E-state index is -4.71. The van der Waals surface area contributed by atoms with Crippen molar-refractivity contribution >= 4 is 21.8 Å². The van der Waals surface area contributed by atoms with Gasteiger partial charge < -0.3 is 4.90 Å². The molecule has 1 aromatic carbocycles. The van der Waals surface area contributed by atoms with Gasteiger partial charge in [0.15, 0.2) is 0 Å². The van der Waals surface area contributed by atoms with Gasteiger partial charge in [-0.05, 0) is 19.1 Å². The van der Waals surface area contributed by atoms with Crippen LogP contribution in [0.2, 0.25) is 0 Å². The maximum absolute atomic E-state index is 13.1. The number of alkyl halides is 3. The lowest BCUT2D eigenvalue weighted by Gasteiger charge is -2.23. The first-order valence-electron chi connectivity index (χ1n) is 5.14. The molecule has 0 bridgehead atoms. The fourth-order valence-electron chi connectivity index (χ4n) is 1.81. The minimum absolute atomic E-state index is 0.384. The van der Waals surface area contributed by atoms with Crippen LogP contribution in [0.4, 0.5) is 28.4 Å². The standard InChI is InChI=1S/C9H11FN2O2S.CHF3/c1-7-11(2)8-5-3-4-6-9(8)12(7)15(10,13)14;2-1(3)4/h3-7H,1-2H3;1H. The van der Waals surface area contributed by atoms with Crippen LogP contribution in [0.5, 0.6) is 0 Å². The molecule has 1 atom stereocenters. The summed E-state index contributed by atoms with van der Waals surface area (Å²) in [6, 6.07) is 6.82. The first-order valence-corrected chi connectivity index (χ1v) is 6.48. The number of anilines is 2. The molecule has 1 aliphatic heterocycles. The molecule has 0 saturated heterocycles. The summed E-state index contributed by atoms with van der Waals surface area (Å²) >= 11 is 0. The fraction of sp³-hybridized carbons (Fsp3) is 0.400. The molecule has 0 aromatic heterocycles. The van der Waals surface area contributed by atoms with Crippen molar-refractivity contribution in [2.45, 2.75) is 19.8 Å². The van der Waals surface area contributed by atoms with Crippen molar-refractivity contribution in [2.75, 3.05) is 16.3 Å². The van der Waals surface area contributed by atoms with Crippen molar-refractivity contribution in [3.8, 4) is 0 Å². The molecule has 9 heteroatoms. The Balaban J connectivity index is 0.000000399. The summed E-state index contributed by atoms with van der Waals surface area (Å²) in [6.45, 7) is -2.03. The van der Waals surface area contributed by atoms with E-state index < -0.39 is 23.3 Å². The molecule has 0 amide bonds. The molecule has 1 aromatic rings. The average Bonchev–Trinajstić information content (AvgIpc) is 2.51. The first kappa shape index (κ1) is 15.5. The third kappa shape index (κ3) is 3.49. The van der Waals surface area contributed by atoms with Gasteiger partial charge in [-0.2, -0.15) is 21.6 Å². The average molecular weight is 300 g/mol. The quantitative estimate of drug-likeness (QED) is 0.591. The zero-order valence-corrected chi connectivity index (χ0v) is 10.9. The molecular weight excluding hydrogens is 288 g/mol. The summed E-state index contributed by atoms with van der Waals surface area (Å²) < 4.78 is 64.8. The Hall–Kier alpha value is -1.51. The van der Waals surface area contributed by atoms with Gasteiger partial charge >= 0.3 is 17.1 Å². The lowest BCUT2D eigenvalue weighted by atomic mass is 10.3. The molecule has 0 fully saturated rings. The highest BCUT2D eigenvalue weighted by atomic mass is 32.3. The van der Waals surface area contributed by atoms with Crippen LogP contribution in [-0.4, -0.2) is 28.3 Å². The molecule has 4 nitrogen and oxygen atoms in total. The summed E-state index contributed by atoms with van der Waals surface area (Å²) in [7, 11) is -2.98. The van der Waals surface area contributed by atoms with Gasteiger partial charge in [-0.25, -0.2) is 4.31 Å². The third-order valence-electron chi connectivity index (χ3n) is 2.63. The first-order chi connectivity index (χ1) is 8.66. The summed E-state index contributed by atoms with van der Waals surface area (Å²) in [5.41, 5.74) is 1.10. The van der Waals surface area contributed by atoms with Crippen molar-refractivity contribution in [2.24, 2.45) is 0 Å². The monoisotopic (exact) mass is 300 g/mol. The van der Waals surface area contributed by atoms with E-state index >= 15 is 0 Å². The van der Waals surface area contributed by atoms with Gasteiger partial charge in [0.05, 0.1) is 11.4 Å². The molecule has 19 heavy (non-hydrogen) atoms. The number of nitrogens with zero attached hydrogens (tertiary/aromatic N) is 2. The topological polar surface area (TPSA) is 40.6 Å². The Bertz CT molecular complexity index is 535. The lowest BCUT2D eigenvalue weighted by molar-refractivity contribution is 0.00819. The van der Waals surface area contributed by atoms with Gasteiger partial charge in [-0.15, -0.1) is 0 Å². The molecule has 0 aliphatic carbocycles. The van der Waals surface area contributed by atoms with E-state index in [0.29, 0.717) is 11.4 Å². The van der Waals surface area contributed by atoms with E-state index in [4.69, 9.17) is 0 Å². The molecule has 1 heterocycles. The van der Waals surface area contributed by atoms with E-state index in [9.17, 15) is 25.5 Å². The number of benzene rings is 1. The Morgan fingerprint density at radius 2 is 1.58 bits per heavy atom. The van der Waals surface area contributed by atoms with E-state index in [1.54, 1.807) is 43.1 Å². The maximum Gasteiger partial charge on any atom is 0.401 e. The lowest BCUT2D eigenvalue weighted by Crippen LogP contribution is -2.40. The van der Waals surface area contributed by atoms with E-state index in [2.05, 4.69) is 0 Å². The van der Waals surface area contributed by atoms with Gasteiger partial charge in [-0.3, -0.25) is 0 Å². The largest absolute Gasteiger partial charge is 0.401 e. The zero-order valence-electron chi connectivity index (χ0n) is 10.1. The second-order valence-electron chi connectivity index (χ2n) is 3.72. The second-order valence-corrected chi connectivity index (χ2v) is 4.93. The van der Waals surface area contributed by atoms with Crippen LogP contribution in [0.3, 0.4) is 0 Å². The van der Waals surface area contributed by atoms with Crippen molar-refractivity contribution in [1.82, 2.24) is 0 Å². The van der Waals surface area contributed by atoms with Crippen LogP contribution in [0.15, 0.2) is 24.3 Å². The summed E-state index contributed by atoms with van der Waals surface area (Å²) in [5, 5.41) is 0. The van der Waals surface area contributed by atoms with Crippen molar-refractivity contribution in [3.05, 3.63) is 24.3 Å². The Labute approximate surface area is 108 Å². The van der Waals surface area contributed by atoms with E-state index in [0.717, 1.165) is 4.31 Å². The smallest absolute Gasteiger partial charge is 0.352 e. The van der Waals surface area contributed by atoms with Gasteiger partial charge in [0, 0.05) is 7.05 Å². The number of hydrogen-bond donors (Lipinski definition) is 0. The number of rotatable bonds is 1. The van der Waals surface area contributed by atoms with E-state index in [1.807, 2.05) is 0 Å². The minimum Gasteiger partial charge on any atom is -0.352 e. The van der Waals surface area contributed by atoms with E-state index in [-0.39, 0.29) is 0 Å². The summed E-state index contributed by atoms with van der Waals surface area (Å²) in [4.78, 5) is 1.71. The molecule has 0 radical (unpaired) electrons. The molecule has 0 saturated carbocycles. The Kier molecular flexibility index (Phi) is 4.61.